The van der Waals surface area contributed by atoms with E-state index in [-0.39, 0.29) is 5.82 Å². The first-order valence-electron chi connectivity index (χ1n) is 4.29. The van der Waals surface area contributed by atoms with Crippen molar-refractivity contribution in [2.75, 3.05) is 5.73 Å². The third kappa shape index (κ3) is 2.46. The molecule has 5 heteroatoms. The van der Waals surface area contributed by atoms with Crippen LogP contribution in [0.25, 0.3) is 0 Å². The zero-order valence-electron chi connectivity index (χ0n) is 7.71. The quantitative estimate of drug-likeness (QED) is 0.879. The summed E-state index contributed by atoms with van der Waals surface area (Å²) in [5.74, 6) is 0.177. The molecule has 1 heterocycles. The molecule has 2 nitrogen and oxygen atoms in total. The Balaban J connectivity index is 2.24. The van der Waals surface area contributed by atoms with Crippen molar-refractivity contribution in [3.05, 3.63) is 45.0 Å². The molecule has 0 saturated carbocycles. The largest absolute Gasteiger partial charge is 0.383 e. The second-order valence-electron chi connectivity index (χ2n) is 3.08. The maximum atomic E-state index is 12.8. The van der Waals surface area contributed by atoms with E-state index >= 15 is 0 Å². The summed E-state index contributed by atoms with van der Waals surface area (Å²) < 4.78 is 12.8. The second kappa shape index (κ2) is 4.16. The summed E-state index contributed by atoms with van der Waals surface area (Å²) >= 11 is 7.36. The van der Waals surface area contributed by atoms with Crippen molar-refractivity contribution in [2.45, 2.75) is 6.42 Å². The molecule has 0 aliphatic heterocycles. The molecule has 0 aliphatic rings. The van der Waals surface area contributed by atoms with E-state index in [9.17, 15) is 4.39 Å². The van der Waals surface area contributed by atoms with E-state index in [1.54, 1.807) is 11.4 Å². The Morgan fingerprint density at radius 1 is 1.47 bits per heavy atom. The van der Waals surface area contributed by atoms with Gasteiger partial charge < -0.3 is 5.73 Å². The number of halogens is 2. The molecule has 2 aromatic rings. The minimum atomic E-state index is -0.331. The van der Waals surface area contributed by atoms with Crippen molar-refractivity contribution in [3.8, 4) is 0 Å². The molecule has 0 atom stereocenters. The number of benzene rings is 1. The number of thiazole rings is 1. The number of nitrogens with zero attached hydrogens (tertiary/aromatic N) is 1. The molecule has 0 bridgehead atoms. The smallest absolute Gasteiger partial charge is 0.134 e. The van der Waals surface area contributed by atoms with Gasteiger partial charge in [-0.2, -0.15) is 0 Å². The average molecular weight is 243 g/mol. The van der Waals surface area contributed by atoms with Crippen LogP contribution in [0, 0.1) is 5.82 Å². The van der Waals surface area contributed by atoms with Crippen LogP contribution < -0.4 is 5.73 Å². The number of hydrogen-bond donors (Lipinski definition) is 1. The molecule has 0 radical (unpaired) electrons. The number of nitrogen functional groups attached to an aromatic ring is 1. The topological polar surface area (TPSA) is 38.9 Å². The molecule has 15 heavy (non-hydrogen) atoms. The molecular formula is C10H8ClFN2S. The van der Waals surface area contributed by atoms with Gasteiger partial charge in [0.1, 0.15) is 11.6 Å². The molecule has 78 valence electrons. The van der Waals surface area contributed by atoms with Crippen molar-refractivity contribution in [2.24, 2.45) is 0 Å². The lowest BCUT2D eigenvalue weighted by atomic mass is 10.1. The number of aromatic nitrogens is 1. The fraction of sp³-hybridized carbons (Fsp3) is 0.100. The fourth-order valence-corrected chi connectivity index (χ4v) is 2.17. The van der Waals surface area contributed by atoms with E-state index in [0.717, 1.165) is 10.6 Å². The third-order valence-corrected chi connectivity index (χ3v) is 3.15. The van der Waals surface area contributed by atoms with Gasteiger partial charge in [0.2, 0.25) is 0 Å². The second-order valence-corrected chi connectivity index (χ2v) is 4.43. The Labute approximate surface area is 95.5 Å². The first-order valence-corrected chi connectivity index (χ1v) is 5.55. The highest BCUT2D eigenvalue weighted by Crippen LogP contribution is 2.22. The van der Waals surface area contributed by atoms with Gasteiger partial charge in [0.15, 0.2) is 0 Å². The summed E-state index contributed by atoms with van der Waals surface area (Å²) in [6.07, 6.45) is 0.584. The highest BCUT2D eigenvalue weighted by molar-refractivity contribution is 7.10. The SMILES string of the molecule is Nc1csc(Cc2ccc(F)cc2Cl)n1. The van der Waals surface area contributed by atoms with Crippen LogP contribution in [0.15, 0.2) is 23.6 Å². The number of anilines is 1. The van der Waals surface area contributed by atoms with Crippen LogP contribution in [-0.4, -0.2) is 4.98 Å². The van der Waals surface area contributed by atoms with Gasteiger partial charge in [-0.05, 0) is 17.7 Å². The lowest BCUT2D eigenvalue weighted by Crippen LogP contribution is -1.91. The maximum Gasteiger partial charge on any atom is 0.134 e. The van der Waals surface area contributed by atoms with Gasteiger partial charge in [0.25, 0.3) is 0 Å². The van der Waals surface area contributed by atoms with Crippen LogP contribution in [0.2, 0.25) is 5.02 Å². The Kier molecular flexibility index (Phi) is 2.88. The molecule has 0 aliphatic carbocycles. The van der Waals surface area contributed by atoms with Gasteiger partial charge in [0, 0.05) is 16.8 Å². The van der Waals surface area contributed by atoms with Crippen LogP contribution in [0.4, 0.5) is 10.2 Å². The zero-order valence-corrected chi connectivity index (χ0v) is 9.28. The van der Waals surface area contributed by atoms with Gasteiger partial charge in [-0.1, -0.05) is 17.7 Å². The lowest BCUT2D eigenvalue weighted by Gasteiger charge is -2.01. The number of nitrogens with two attached hydrogens (primary N) is 1. The molecule has 0 fully saturated rings. The molecule has 0 spiro atoms. The Morgan fingerprint density at radius 2 is 2.27 bits per heavy atom. The predicted molar refractivity (Wildman–Crippen MR) is 60.7 cm³/mol. The van der Waals surface area contributed by atoms with Crippen LogP contribution in [0.5, 0.6) is 0 Å². The summed E-state index contributed by atoms with van der Waals surface area (Å²) in [4.78, 5) is 4.11. The van der Waals surface area contributed by atoms with Crippen molar-refractivity contribution in [3.63, 3.8) is 0 Å². The minimum Gasteiger partial charge on any atom is -0.383 e. The lowest BCUT2D eigenvalue weighted by molar-refractivity contribution is 0.627. The summed E-state index contributed by atoms with van der Waals surface area (Å²) in [6, 6.07) is 4.35. The summed E-state index contributed by atoms with van der Waals surface area (Å²) in [5.41, 5.74) is 6.35. The van der Waals surface area contributed by atoms with E-state index in [1.807, 2.05) is 0 Å². The minimum absolute atomic E-state index is 0.331. The highest BCUT2D eigenvalue weighted by atomic mass is 35.5. The van der Waals surface area contributed by atoms with E-state index in [1.165, 1.54) is 23.5 Å². The van der Waals surface area contributed by atoms with Gasteiger partial charge >= 0.3 is 0 Å². The molecule has 2 rings (SSSR count). The maximum absolute atomic E-state index is 12.8. The summed E-state index contributed by atoms with van der Waals surface area (Å²) in [6.45, 7) is 0. The number of hydrogen-bond acceptors (Lipinski definition) is 3. The molecular weight excluding hydrogens is 235 g/mol. The van der Waals surface area contributed by atoms with Gasteiger partial charge in [-0.15, -0.1) is 11.3 Å². The van der Waals surface area contributed by atoms with E-state index in [0.29, 0.717) is 17.3 Å². The van der Waals surface area contributed by atoms with Crippen LogP contribution in [0.3, 0.4) is 0 Å². The van der Waals surface area contributed by atoms with E-state index < -0.39 is 0 Å². The molecule has 1 aromatic carbocycles. The number of rotatable bonds is 2. The average Bonchev–Trinajstić information content (AvgIpc) is 2.56. The van der Waals surface area contributed by atoms with Crippen molar-refractivity contribution in [1.82, 2.24) is 4.98 Å². The van der Waals surface area contributed by atoms with Crippen LogP contribution in [-0.2, 0) is 6.42 Å². The molecule has 2 N–H and O–H groups in total. The fourth-order valence-electron chi connectivity index (χ4n) is 1.23. The van der Waals surface area contributed by atoms with Crippen LogP contribution in [0.1, 0.15) is 10.6 Å². The first kappa shape index (κ1) is 10.4. The van der Waals surface area contributed by atoms with E-state index in [4.69, 9.17) is 17.3 Å². The van der Waals surface area contributed by atoms with Crippen LogP contribution >= 0.6 is 22.9 Å². The molecule has 0 unspecified atom stereocenters. The van der Waals surface area contributed by atoms with Gasteiger partial charge in [-0.25, -0.2) is 9.37 Å². The standard InChI is InChI=1S/C10H8ClFN2S/c11-8-4-7(12)2-1-6(8)3-10-14-9(13)5-15-10/h1-2,4-5H,3,13H2. The molecule has 0 amide bonds. The Bertz CT molecular complexity index is 484. The molecule has 1 aromatic heterocycles. The Morgan fingerprint density at radius 3 is 2.87 bits per heavy atom. The van der Waals surface area contributed by atoms with E-state index in [2.05, 4.69) is 4.98 Å². The van der Waals surface area contributed by atoms with Gasteiger partial charge in [0.05, 0.1) is 5.01 Å². The predicted octanol–water partition coefficient (Wildman–Crippen LogP) is 3.11. The summed E-state index contributed by atoms with van der Waals surface area (Å²) in [7, 11) is 0. The highest BCUT2D eigenvalue weighted by Gasteiger charge is 2.05. The van der Waals surface area contributed by atoms with Crippen molar-refractivity contribution in [1.29, 1.82) is 0 Å². The van der Waals surface area contributed by atoms with Gasteiger partial charge in [-0.3, -0.25) is 0 Å². The monoisotopic (exact) mass is 242 g/mol. The molecule has 0 saturated heterocycles. The third-order valence-electron chi connectivity index (χ3n) is 1.93. The van der Waals surface area contributed by atoms with Crippen molar-refractivity contribution >= 4 is 28.8 Å². The first-order chi connectivity index (χ1) is 7.15. The van der Waals surface area contributed by atoms with Crippen molar-refractivity contribution < 1.29 is 4.39 Å². The normalized spacial score (nSPS) is 10.5. The zero-order chi connectivity index (χ0) is 10.8. The Hall–Kier alpha value is -1.13. The summed E-state index contributed by atoms with van der Waals surface area (Å²) in [5, 5.41) is 3.07.